The fraction of sp³-hybridized carbons (Fsp3) is 0.448. The number of Topliss-reactive ketones (excluding diaryl/α,β-unsaturated/α-hetero) is 1. The van der Waals surface area contributed by atoms with Crippen molar-refractivity contribution in [2.24, 2.45) is 5.92 Å². The highest BCUT2D eigenvalue weighted by Crippen LogP contribution is 2.29. The molecule has 188 valence electrons. The summed E-state index contributed by atoms with van der Waals surface area (Å²) in [7, 11) is 1.81. The molecule has 1 heterocycles. The zero-order valence-electron chi connectivity index (χ0n) is 21.3. The van der Waals surface area contributed by atoms with Gasteiger partial charge in [0, 0.05) is 5.70 Å². The normalized spacial score (nSPS) is 20.2. The minimum atomic E-state index is -0.765. The van der Waals surface area contributed by atoms with Gasteiger partial charge in [0.05, 0.1) is 24.7 Å². The van der Waals surface area contributed by atoms with Gasteiger partial charge in [-0.15, -0.1) is 0 Å². The van der Waals surface area contributed by atoms with E-state index in [0.29, 0.717) is 25.1 Å². The van der Waals surface area contributed by atoms with Gasteiger partial charge in [-0.05, 0) is 43.9 Å². The van der Waals surface area contributed by atoms with Crippen LogP contribution in [0.1, 0.15) is 38.3 Å². The number of ether oxygens (including phenoxy) is 1. The van der Waals surface area contributed by atoms with Crippen LogP contribution in [-0.2, 0) is 27.2 Å². The highest BCUT2D eigenvalue weighted by atomic mass is 16.6. The van der Waals surface area contributed by atoms with Crippen LogP contribution >= 0.6 is 0 Å². The van der Waals surface area contributed by atoms with Gasteiger partial charge in [0.1, 0.15) is 5.60 Å². The average molecular weight is 478 g/mol. The van der Waals surface area contributed by atoms with E-state index >= 15 is 0 Å². The van der Waals surface area contributed by atoms with E-state index < -0.39 is 11.6 Å². The number of hydrogen-bond acceptors (Lipinski definition) is 5. The van der Waals surface area contributed by atoms with Gasteiger partial charge >= 0.3 is 0 Å². The summed E-state index contributed by atoms with van der Waals surface area (Å²) in [6.07, 6.45) is 1.96. The van der Waals surface area contributed by atoms with Crippen LogP contribution in [-0.4, -0.2) is 49.1 Å². The van der Waals surface area contributed by atoms with E-state index in [2.05, 4.69) is 36.4 Å². The molecule has 35 heavy (non-hydrogen) atoms. The average Bonchev–Trinajstić information content (AvgIpc) is 3.62. The first-order valence-corrected chi connectivity index (χ1v) is 12.5. The molecule has 1 saturated heterocycles. The molecule has 2 aromatic carbocycles. The van der Waals surface area contributed by atoms with Gasteiger partial charge in [-0.25, -0.2) is 0 Å². The summed E-state index contributed by atoms with van der Waals surface area (Å²) in [5.41, 5.74) is 1.97. The Labute approximate surface area is 209 Å². The van der Waals surface area contributed by atoms with Crippen molar-refractivity contribution in [2.45, 2.75) is 63.8 Å². The highest BCUT2D eigenvalue weighted by molar-refractivity contribution is 5.94. The molecule has 6 nitrogen and oxygen atoms in total. The summed E-state index contributed by atoms with van der Waals surface area (Å²) in [5, 5.41) is 9.71. The van der Waals surface area contributed by atoms with E-state index in [1.165, 1.54) is 0 Å². The molecular weight excluding hydrogens is 438 g/mol. The first-order chi connectivity index (χ1) is 16.8. The summed E-state index contributed by atoms with van der Waals surface area (Å²) in [6, 6.07) is 18.7. The predicted molar refractivity (Wildman–Crippen MR) is 140 cm³/mol. The standard InChI is InChI=1S/C29H39N3O3/c1-6-20(2)26(30-5)28(34)32-24(17-22-13-9-7-10-14-22)21(3)31-25(27(33)29(4)19-35-29)18-23-15-11-8-12-16-23/h7-16,20,24-26,30-31H,3,6,17-19H2,1-2,4-5H3,(H,32,34)/t20?,24-,25-,26+,29?/m0/s1. The second kappa shape index (κ2) is 12.1. The van der Waals surface area contributed by atoms with Crippen LogP contribution < -0.4 is 16.0 Å². The summed E-state index contributed by atoms with van der Waals surface area (Å²) in [4.78, 5) is 26.6. The van der Waals surface area contributed by atoms with E-state index in [1.54, 1.807) is 7.05 Å². The molecule has 0 saturated carbocycles. The van der Waals surface area contributed by atoms with Gasteiger partial charge in [-0.1, -0.05) is 87.5 Å². The number of carbonyl (C=O) groups is 2. The SMILES string of the molecule is C=C(N[C@@H](Cc1ccccc1)C(=O)C1(C)CO1)[C@H](Cc1ccccc1)NC(=O)[C@H](NC)C(C)CC. The van der Waals surface area contributed by atoms with Crippen molar-refractivity contribution < 1.29 is 14.3 Å². The maximum Gasteiger partial charge on any atom is 0.237 e. The second-order valence-electron chi connectivity index (χ2n) is 9.70. The molecule has 0 spiro atoms. The molecule has 1 aliphatic heterocycles. The smallest absolute Gasteiger partial charge is 0.237 e. The van der Waals surface area contributed by atoms with Crippen LogP contribution in [0.25, 0.3) is 0 Å². The Morgan fingerprint density at radius 1 is 0.971 bits per heavy atom. The van der Waals surface area contributed by atoms with Gasteiger partial charge in [0.25, 0.3) is 0 Å². The van der Waals surface area contributed by atoms with Crippen LogP contribution in [0.5, 0.6) is 0 Å². The Balaban J connectivity index is 1.81. The van der Waals surface area contributed by atoms with Crippen molar-refractivity contribution >= 4 is 11.7 Å². The predicted octanol–water partition coefficient (Wildman–Crippen LogP) is 3.42. The Bertz CT molecular complexity index is 989. The largest absolute Gasteiger partial charge is 0.377 e. The lowest BCUT2D eigenvalue weighted by Crippen LogP contribution is -2.53. The Morgan fingerprint density at radius 3 is 1.94 bits per heavy atom. The molecule has 0 aliphatic carbocycles. The molecule has 0 aromatic heterocycles. The molecule has 2 unspecified atom stereocenters. The minimum absolute atomic E-state index is 0.00000250. The molecule has 1 aliphatic rings. The highest BCUT2D eigenvalue weighted by Gasteiger charge is 2.49. The van der Waals surface area contributed by atoms with E-state index in [0.717, 1.165) is 17.5 Å². The zero-order chi connectivity index (χ0) is 25.4. The van der Waals surface area contributed by atoms with E-state index in [-0.39, 0.29) is 29.7 Å². The molecule has 1 fully saturated rings. The number of rotatable bonds is 14. The number of hydrogen-bond donors (Lipinski definition) is 3. The van der Waals surface area contributed by atoms with Crippen LogP contribution in [0.3, 0.4) is 0 Å². The van der Waals surface area contributed by atoms with Crippen molar-refractivity contribution in [1.82, 2.24) is 16.0 Å². The molecule has 6 heteroatoms. The molecule has 1 amide bonds. The number of likely N-dealkylation sites (N-methyl/N-ethyl adjacent to an activating group) is 1. The molecule has 0 radical (unpaired) electrons. The Hall–Kier alpha value is -2.96. The van der Waals surface area contributed by atoms with E-state index in [9.17, 15) is 9.59 Å². The summed E-state index contributed by atoms with van der Waals surface area (Å²) >= 11 is 0. The molecule has 5 atom stereocenters. The lowest BCUT2D eigenvalue weighted by molar-refractivity contribution is -0.125. The number of amides is 1. The van der Waals surface area contributed by atoms with Gasteiger partial charge < -0.3 is 20.7 Å². The van der Waals surface area contributed by atoms with Gasteiger partial charge in [0.15, 0.2) is 5.78 Å². The van der Waals surface area contributed by atoms with E-state index in [4.69, 9.17) is 4.74 Å². The number of carbonyl (C=O) groups excluding carboxylic acids is 2. The monoisotopic (exact) mass is 477 g/mol. The quantitative estimate of drug-likeness (QED) is 0.363. The fourth-order valence-electron chi connectivity index (χ4n) is 4.28. The summed E-state index contributed by atoms with van der Waals surface area (Å²) in [5.74, 6) is 0.104. The van der Waals surface area contributed by atoms with Crippen molar-refractivity contribution in [3.05, 3.63) is 84.1 Å². The summed E-state index contributed by atoms with van der Waals surface area (Å²) in [6.45, 7) is 10.7. The zero-order valence-corrected chi connectivity index (χ0v) is 21.3. The van der Waals surface area contributed by atoms with Crippen molar-refractivity contribution in [2.75, 3.05) is 13.7 Å². The van der Waals surface area contributed by atoms with Crippen molar-refractivity contribution in [3.63, 3.8) is 0 Å². The maximum absolute atomic E-state index is 13.3. The molecule has 3 N–H and O–H groups in total. The third kappa shape index (κ3) is 7.26. The molecule has 0 bridgehead atoms. The van der Waals surface area contributed by atoms with Gasteiger partial charge in [-0.2, -0.15) is 0 Å². The topological polar surface area (TPSA) is 82.8 Å². The Morgan fingerprint density at radius 2 is 1.49 bits per heavy atom. The fourth-order valence-corrected chi connectivity index (χ4v) is 4.28. The molecular formula is C29H39N3O3. The van der Waals surface area contributed by atoms with Crippen LogP contribution in [0.4, 0.5) is 0 Å². The van der Waals surface area contributed by atoms with Crippen molar-refractivity contribution in [3.8, 4) is 0 Å². The third-order valence-corrected chi connectivity index (χ3v) is 6.88. The van der Waals surface area contributed by atoms with Crippen molar-refractivity contribution in [1.29, 1.82) is 0 Å². The third-order valence-electron chi connectivity index (χ3n) is 6.88. The lowest BCUT2D eigenvalue weighted by atomic mass is 9.93. The van der Waals surface area contributed by atoms with Crippen LogP contribution in [0.15, 0.2) is 72.9 Å². The number of ketones is 1. The number of benzene rings is 2. The molecule has 2 aromatic rings. The first kappa shape index (κ1) is 26.6. The van der Waals surface area contributed by atoms with Crippen LogP contribution in [0, 0.1) is 5.92 Å². The molecule has 3 rings (SSSR count). The van der Waals surface area contributed by atoms with Gasteiger partial charge in [0.2, 0.25) is 5.91 Å². The maximum atomic E-state index is 13.3. The van der Waals surface area contributed by atoms with Crippen LogP contribution in [0.2, 0.25) is 0 Å². The van der Waals surface area contributed by atoms with Gasteiger partial charge in [-0.3, -0.25) is 9.59 Å². The van der Waals surface area contributed by atoms with E-state index in [1.807, 2.05) is 67.6 Å². The number of nitrogens with one attached hydrogen (secondary N) is 3. The summed E-state index contributed by atoms with van der Waals surface area (Å²) < 4.78 is 5.47. The minimum Gasteiger partial charge on any atom is -0.377 e. The Kier molecular flexibility index (Phi) is 9.24. The second-order valence-corrected chi connectivity index (χ2v) is 9.70. The lowest BCUT2D eigenvalue weighted by Gasteiger charge is -2.30. The number of epoxide rings is 1. The first-order valence-electron chi connectivity index (χ1n) is 12.5.